The van der Waals surface area contributed by atoms with E-state index in [2.05, 4.69) is 19.9 Å². The highest BCUT2D eigenvalue weighted by molar-refractivity contribution is 5.80. The lowest BCUT2D eigenvalue weighted by atomic mass is 10.3. The Kier molecular flexibility index (Phi) is 2.04. The summed E-state index contributed by atoms with van der Waals surface area (Å²) < 4.78 is 0. The number of nitrogens with zero attached hydrogens (tertiary/aromatic N) is 4. The van der Waals surface area contributed by atoms with Gasteiger partial charge in [0.15, 0.2) is 11.3 Å². The Labute approximate surface area is 96.2 Å². The number of fused-ring (bicyclic) bond motifs is 2. The first-order valence-corrected chi connectivity index (χ1v) is 5.14. The summed E-state index contributed by atoms with van der Waals surface area (Å²) in [5.41, 5.74) is 1.89. The normalized spacial score (nSPS) is 10.9. The standard InChI is InChI=1S/C12H8N4O/c1-7-4-6-14-11-9(7)15-12(17)8-3-2-5-13-10(8)16-11/h2-6H,1H3. The van der Waals surface area contributed by atoms with Crippen molar-refractivity contribution < 1.29 is 0 Å². The number of rotatable bonds is 0. The van der Waals surface area contributed by atoms with Gasteiger partial charge in [0.25, 0.3) is 5.56 Å². The van der Waals surface area contributed by atoms with Crippen molar-refractivity contribution in [3.63, 3.8) is 0 Å². The summed E-state index contributed by atoms with van der Waals surface area (Å²) >= 11 is 0. The summed E-state index contributed by atoms with van der Waals surface area (Å²) in [5.74, 6) is 0. The summed E-state index contributed by atoms with van der Waals surface area (Å²) in [6, 6.07) is 5.16. The van der Waals surface area contributed by atoms with Gasteiger partial charge in [-0.1, -0.05) is 0 Å². The van der Waals surface area contributed by atoms with Crippen molar-refractivity contribution in [1.29, 1.82) is 0 Å². The Balaban J connectivity index is 2.66. The molecule has 5 nitrogen and oxygen atoms in total. The second kappa shape index (κ2) is 3.55. The fourth-order valence-corrected chi connectivity index (χ4v) is 1.67. The summed E-state index contributed by atoms with van der Waals surface area (Å²) in [7, 11) is 0. The van der Waals surface area contributed by atoms with E-state index in [0.717, 1.165) is 5.56 Å². The summed E-state index contributed by atoms with van der Waals surface area (Å²) in [6.45, 7) is 1.87. The Hall–Kier alpha value is -2.43. The van der Waals surface area contributed by atoms with Crippen LogP contribution in [0.15, 0.2) is 35.4 Å². The quantitative estimate of drug-likeness (QED) is 0.574. The second-order valence-electron chi connectivity index (χ2n) is 3.70. The van der Waals surface area contributed by atoms with Crippen LogP contribution in [0.1, 0.15) is 5.56 Å². The molecule has 3 heterocycles. The molecule has 0 aromatic carbocycles. The van der Waals surface area contributed by atoms with Crippen molar-refractivity contribution in [2.75, 3.05) is 0 Å². The van der Waals surface area contributed by atoms with E-state index in [1.165, 1.54) is 0 Å². The van der Waals surface area contributed by atoms with Gasteiger partial charge in [0.05, 0.1) is 5.39 Å². The highest BCUT2D eigenvalue weighted by Gasteiger charge is 2.05. The van der Waals surface area contributed by atoms with Gasteiger partial charge in [-0.3, -0.25) is 4.79 Å². The zero-order valence-corrected chi connectivity index (χ0v) is 9.08. The van der Waals surface area contributed by atoms with E-state index in [9.17, 15) is 4.79 Å². The van der Waals surface area contributed by atoms with Gasteiger partial charge in [0.1, 0.15) is 5.52 Å². The van der Waals surface area contributed by atoms with E-state index >= 15 is 0 Å². The van der Waals surface area contributed by atoms with E-state index in [4.69, 9.17) is 0 Å². The van der Waals surface area contributed by atoms with Gasteiger partial charge in [-0.05, 0) is 30.7 Å². The summed E-state index contributed by atoms with van der Waals surface area (Å²) in [5, 5.41) is 0.407. The zero-order valence-electron chi connectivity index (χ0n) is 9.08. The molecule has 0 aliphatic carbocycles. The van der Waals surface area contributed by atoms with Crippen LogP contribution < -0.4 is 5.56 Å². The molecule has 0 spiro atoms. The van der Waals surface area contributed by atoms with Gasteiger partial charge >= 0.3 is 0 Å². The molecule has 3 aromatic rings. The lowest BCUT2D eigenvalue weighted by Gasteiger charge is -1.92. The number of hydrogen-bond acceptors (Lipinski definition) is 5. The van der Waals surface area contributed by atoms with E-state index in [1.54, 1.807) is 30.6 Å². The molecule has 0 aliphatic rings. The molecule has 0 saturated carbocycles. The molecular weight excluding hydrogens is 216 g/mol. The average Bonchev–Trinajstić information content (AvgIpc) is 2.47. The minimum atomic E-state index is -0.327. The predicted octanol–water partition coefficient (Wildman–Crippen LogP) is 1.24. The highest BCUT2D eigenvalue weighted by Crippen LogP contribution is 2.10. The van der Waals surface area contributed by atoms with Gasteiger partial charge in [-0.15, -0.1) is 0 Å². The molecule has 0 unspecified atom stereocenters. The van der Waals surface area contributed by atoms with E-state index < -0.39 is 0 Å². The van der Waals surface area contributed by atoms with Crippen LogP contribution in [0.5, 0.6) is 0 Å². The molecule has 0 radical (unpaired) electrons. The van der Waals surface area contributed by atoms with Crippen LogP contribution in [0, 0.1) is 6.92 Å². The molecule has 0 saturated heterocycles. The third-order valence-corrected chi connectivity index (χ3v) is 2.55. The zero-order chi connectivity index (χ0) is 11.8. The fraction of sp³-hybridized carbons (Fsp3) is 0.0833. The van der Waals surface area contributed by atoms with Crippen molar-refractivity contribution in [2.45, 2.75) is 6.92 Å². The number of aromatic nitrogens is 4. The summed E-state index contributed by atoms with van der Waals surface area (Å²) in [6.07, 6.45) is 3.24. The van der Waals surface area contributed by atoms with Crippen LogP contribution in [0.3, 0.4) is 0 Å². The van der Waals surface area contributed by atoms with E-state index in [-0.39, 0.29) is 5.56 Å². The van der Waals surface area contributed by atoms with Gasteiger partial charge in [-0.2, -0.15) is 0 Å². The smallest absolute Gasteiger partial charge is 0.267 e. The Morgan fingerprint density at radius 2 is 1.82 bits per heavy atom. The molecule has 82 valence electrons. The molecule has 0 atom stereocenters. The van der Waals surface area contributed by atoms with Gasteiger partial charge in [0, 0.05) is 12.4 Å². The van der Waals surface area contributed by atoms with E-state index in [1.807, 2.05) is 6.92 Å². The Morgan fingerprint density at radius 3 is 2.71 bits per heavy atom. The highest BCUT2D eigenvalue weighted by atomic mass is 16.1. The third-order valence-electron chi connectivity index (χ3n) is 2.55. The SMILES string of the molecule is Cc1ccnc2nc3ncccc3c(=O)nc12. The minimum Gasteiger partial charge on any atom is -0.267 e. The third kappa shape index (κ3) is 1.52. The topological polar surface area (TPSA) is 68.6 Å². The molecule has 0 amide bonds. The molecule has 0 bridgehead atoms. The number of pyridine rings is 2. The molecule has 5 heteroatoms. The molecule has 0 aliphatic heterocycles. The van der Waals surface area contributed by atoms with Crippen LogP contribution in [-0.2, 0) is 0 Å². The van der Waals surface area contributed by atoms with E-state index in [0.29, 0.717) is 22.2 Å². The Bertz CT molecular complexity index is 785. The maximum atomic E-state index is 11.9. The van der Waals surface area contributed by atoms with Crippen LogP contribution >= 0.6 is 0 Å². The van der Waals surface area contributed by atoms with Crippen LogP contribution in [0.2, 0.25) is 0 Å². The van der Waals surface area contributed by atoms with Gasteiger partial charge < -0.3 is 0 Å². The number of hydrogen-bond donors (Lipinski definition) is 0. The minimum absolute atomic E-state index is 0.327. The van der Waals surface area contributed by atoms with Crippen LogP contribution in [0.4, 0.5) is 0 Å². The largest absolute Gasteiger partial charge is 0.281 e. The van der Waals surface area contributed by atoms with Crippen molar-refractivity contribution >= 4 is 22.2 Å². The fourth-order valence-electron chi connectivity index (χ4n) is 1.67. The molecule has 17 heavy (non-hydrogen) atoms. The van der Waals surface area contributed by atoms with Crippen molar-refractivity contribution in [3.8, 4) is 0 Å². The molecule has 0 N–H and O–H groups in total. The maximum absolute atomic E-state index is 11.9. The first kappa shape index (κ1) is 9.77. The van der Waals surface area contributed by atoms with Crippen molar-refractivity contribution in [2.24, 2.45) is 0 Å². The maximum Gasteiger partial charge on any atom is 0.281 e. The lowest BCUT2D eigenvalue weighted by molar-refractivity contribution is 1.25. The van der Waals surface area contributed by atoms with Crippen LogP contribution in [0.25, 0.3) is 22.2 Å². The van der Waals surface area contributed by atoms with Crippen LogP contribution in [-0.4, -0.2) is 19.9 Å². The predicted molar refractivity (Wildman–Crippen MR) is 63.6 cm³/mol. The molecule has 3 rings (SSSR count). The monoisotopic (exact) mass is 224 g/mol. The Morgan fingerprint density at radius 1 is 1.00 bits per heavy atom. The molecular formula is C12H8N4O. The summed E-state index contributed by atoms with van der Waals surface area (Å²) in [4.78, 5) is 28.4. The average molecular weight is 224 g/mol. The second-order valence-corrected chi connectivity index (χ2v) is 3.70. The van der Waals surface area contributed by atoms with Gasteiger partial charge in [0.2, 0.25) is 0 Å². The van der Waals surface area contributed by atoms with Crippen molar-refractivity contribution in [3.05, 3.63) is 46.5 Å². The first-order chi connectivity index (χ1) is 8.25. The lowest BCUT2D eigenvalue weighted by Crippen LogP contribution is -2.02. The van der Waals surface area contributed by atoms with Crippen molar-refractivity contribution in [1.82, 2.24) is 19.9 Å². The molecule has 3 aromatic heterocycles. The number of aryl methyl sites for hydroxylation is 1. The van der Waals surface area contributed by atoms with Gasteiger partial charge in [-0.25, -0.2) is 19.9 Å². The molecule has 0 fully saturated rings. The first-order valence-electron chi connectivity index (χ1n) is 5.14.